The molecule has 23 heavy (non-hydrogen) atoms. The molecule has 0 aliphatic rings. The van der Waals surface area contributed by atoms with Crippen molar-refractivity contribution in [2.45, 2.75) is 54.2 Å². The predicted octanol–water partition coefficient (Wildman–Crippen LogP) is 3.75. The van der Waals surface area contributed by atoms with Crippen molar-refractivity contribution >= 4 is 5.97 Å². The fourth-order valence-corrected chi connectivity index (χ4v) is 2.64. The maximum atomic E-state index is 12.2. The highest BCUT2D eigenvalue weighted by Crippen LogP contribution is 2.16. The summed E-state index contributed by atoms with van der Waals surface area (Å²) in [5.74, 6) is 0.317. The molecule has 4 nitrogen and oxygen atoms in total. The number of aryl methyl sites for hydroxylation is 2. The summed E-state index contributed by atoms with van der Waals surface area (Å²) in [6, 6.07) is 7.95. The van der Waals surface area contributed by atoms with Gasteiger partial charge in [0, 0.05) is 17.8 Å². The third-order valence-corrected chi connectivity index (χ3v) is 4.04. The molecular formula is C19H26N2O2. The van der Waals surface area contributed by atoms with E-state index < -0.39 is 0 Å². The quantitative estimate of drug-likeness (QED) is 0.763. The molecule has 0 spiro atoms. The van der Waals surface area contributed by atoms with E-state index in [1.807, 2.05) is 49.7 Å². The molecule has 2 rings (SSSR count). The van der Waals surface area contributed by atoms with Gasteiger partial charge in [0.1, 0.15) is 6.61 Å². The van der Waals surface area contributed by atoms with Crippen LogP contribution in [0, 0.1) is 26.7 Å². The molecule has 0 aliphatic heterocycles. The van der Waals surface area contributed by atoms with Crippen LogP contribution >= 0.6 is 0 Å². The highest BCUT2D eigenvalue weighted by Gasteiger charge is 2.16. The Hall–Kier alpha value is -2.10. The summed E-state index contributed by atoms with van der Waals surface area (Å²) in [5.41, 5.74) is 5.14. The molecule has 0 saturated carbocycles. The average molecular weight is 314 g/mol. The first-order valence-electron chi connectivity index (χ1n) is 8.11. The first-order chi connectivity index (χ1) is 10.9. The second kappa shape index (κ2) is 7.44. The summed E-state index contributed by atoms with van der Waals surface area (Å²) in [7, 11) is 0. The molecule has 0 amide bonds. The van der Waals surface area contributed by atoms with Gasteiger partial charge in [0.2, 0.25) is 0 Å². The second-order valence-electron chi connectivity index (χ2n) is 6.49. The van der Waals surface area contributed by atoms with Crippen molar-refractivity contribution in [2.75, 3.05) is 0 Å². The lowest BCUT2D eigenvalue weighted by molar-refractivity contribution is -0.144. The van der Waals surface area contributed by atoms with Crippen LogP contribution in [0.5, 0.6) is 0 Å². The van der Waals surface area contributed by atoms with Gasteiger partial charge in [-0.15, -0.1) is 0 Å². The predicted molar refractivity (Wildman–Crippen MR) is 91.2 cm³/mol. The largest absolute Gasteiger partial charge is 0.461 e. The maximum Gasteiger partial charge on any atom is 0.310 e. The molecule has 4 heteroatoms. The van der Waals surface area contributed by atoms with Crippen LogP contribution in [-0.2, 0) is 29.1 Å². The number of benzene rings is 1. The molecule has 0 aliphatic carbocycles. The van der Waals surface area contributed by atoms with Gasteiger partial charge in [0.25, 0.3) is 0 Å². The van der Waals surface area contributed by atoms with Crippen molar-refractivity contribution in [3.63, 3.8) is 0 Å². The molecular weight excluding hydrogens is 288 g/mol. The molecule has 0 bridgehead atoms. The van der Waals surface area contributed by atoms with Crippen molar-refractivity contribution in [3.05, 3.63) is 52.3 Å². The van der Waals surface area contributed by atoms with Crippen LogP contribution in [-0.4, -0.2) is 15.7 Å². The van der Waals surface area contributed by atoms with Crippen molar-refractivity contribution in [1.29, 1.82) is 0 Å². The van der Waals surface area contributed by atoms with Crippen LogP contribution in [0.1, 0.15) is 41.9 Å². The van der Waals surface area contributed by atoms with E-state index in [1.165, 1.54) is 0 Å². The van der Waals surface area contributed by atoms with Crippen molar-refractivity contribution in [2.24, 2.45) is 5.92 Å². The van der Waals surface area contributed by atoms with E-state index in [4.69, 9.17) is 4.74 Å². The van der Waals surface area contributed by atoms with E-state index in [2.05, 4.69) is 18.9 Å². The minimum absolute atomic E-state index is 0.205. The summed E-state index contributed by atoms with van der Waals surface area (Å²) in [4.78, 5) is 12.2. The Labute approximate surface area is 138 Å². The molecule has 1 heterocycles. The zero-order chi connectivity index (χ0) is 17.0. The third kappa shape index (κ3) is 4.44. The Morgan fingerprint density at radius 3 is 2.57 bits per heavy atom. The van der Waals surface area contributed by atoms with Crippen LogP contribution in [0.3, 0.4) is 0 Å². The molecule has 0 saturated heterocycles. The highest BCUT2D eigenvalue weighted by atomic mass is 16.5. The van der Waals surface area contributed by atoms with Gasteiger partial charge >= 0.3 is 5.97 Å². The average Bonchev–Trinajstić information content (AvgIpc) is 2.73. The monoisotopic (exact) mass is 314 g/mol. The normalized spacial score (nSPS) is 11.0. The first-order valence-corrected chi connectivity index (χ1v) is 8.11. The summed E-state index contributed by atoms with van der Waals surface area (Å²) in [5, 5.41) is 4.54. The smallest absolute Gasteiger partial charge is 0.310 e. The minimum atomic E-state index is -0.205. The maximum absolute atomic E-state index is 12.2. The lowest BCUT2D eigenvalue weighted by atomic mass is 10.1. The standard InChI is InChI=1S/C19H26N2O2/c1-13(2)11-21-16(5)18(15(4)20-21)10-19(22)23-12-17-9-7-6-8-14(17)3/h6-9,13H,10-12H2,1-5H3. The van der Waals surface area contributed by atoms with Crippen LogP contribution in [0.4, 0.5) is 0 Å². The molecule has 124 valence electrons. The second-order valence-corrected chi connectivity index (χ2v) is 6.49. The topological polar surface area (TPSA) is 44.1 Å². The Bertz CT molecular complexity index is 687. The number of rotatable bonds is 6. The molecule has 0 N–H and O–H groups in total. The van der Waals surface area contributed by atoms with Crippen LogP contribution in [0.25, 0.3) is 0 Å². The number of carbonyl (C=O) groups excluding carboxylic acids is 1. The molecule has 0 atom stereocenters. The Morgan fingerprint density at radius 1 is 1.22 bits per heavy atom. The van der Waals surface area contributed by atoms with Gasteiger partial charge in [-0.3, -0.25) is 9.48 Å². The van der Waals surface area contributed by atoms with E-state index in [9.17, 15) is 4.79 Å². The zero-order valence-electron chi connectivity index (χ0n) is 14.7. The molecule has 0 fully saturated rings. The number of nitrogens with zero attached hydrogens (tertiary/aromatic N) is 2. The van der Waals surface area contributed by atoms with Gasteiger partial charge < -0.3 is 4.74 Å². The third-order valence-electron chi connectivity index (χ3n) is 4.04. The fourth-order valence-electron chi connectivity index (χ4n) is 2.64. The van der Waals surface area contributed by atoms with Gasteiger partial charge in [-0.05, 0) is 37.8 Å². The molecule has 1 aromatic heterocycles. The van der Waals surface area contributed by atoms with E-state index in [0.29, 0.717) is 12.5 Å². The van der Waals surface area contributed by atoms with Crippen molar-refractivity contribution < 1.29 is 9.53 Å². The molecule has 1 aromatic carbocycles. The summed E-state index contributed by atoms with van der Waals surface area (Å²) < 4.78 is 7.43. The van der Waals surface area contributed by atoms with E-state index in [1.54, 1.807) is 0 Å². The zero-order valence-corrected chi connectivity index (χ0v) is 14.7. The molecule has 0 unspecified atom stereocenters. The summed E-state index contributed by atoms with van der Waals surface area (Å²) >= 11 is 0. The SMILES string of the molecule is Cc1ccccc1COC(=O)Cc1c(C)nn(CC(C)C)c1C. The van der Waals surface area contributed by atoms with Crippen molar-refractivity contribution in [1.82, 2.24) is 9.78 Å². The summed E-state index contributed by atoms with van der Waals surface area (Å²) in [6.45, 7) is 11.5. The van der Waals surface area contributed by atoms with Gasteiger partial charge in [-0.2, -0.15) is 5.10 Å². The number of esters is 1. The highest BCUT2D eigenvalue weighted by molar-refractivity contribution is 5.73. The number of ether oxygens (including phenoxy) is 1. The first kappa shape index (κ1) is 17.3. The van der Waals surface area contributed by atoms with Crippen molar-refractivity contribution in [3.8, 4) is 0 Å². The van der Waals surface area contributed by atoms with Gasteiger partial charge in [0.15, 0.2) is 0 Å². The van der Waals surface area contributed by atoms with Gasteiger partial charge in [0.05, 0.1) is 12.1 Å². The van der Waals surface area contributed by atoms with Gasteiger partial charge in [-0.1, -0.05) is 38.1 Å². The van der Waals surface area contributed by atoms with Gasteiger partial charge in [-0.25, -0.2) is 0 Å². The van der Waals surface area contributed by atoms with E-state index >= 15 is 0 Å². The Morgan fingerprint density at radius 2 is 1.91 bits per heavy atom. The number of hydrogen-bond donors (Lipinski definition) is 0. The molecule has 2 aromatic rings. The Kier molecular flexibility index (Phi) is 5.59. The van der Waals surface area contributed by atoms with E-state index in [-0.39, 0.29) is 12.4 Å². The number of aromatic nitrogens is 2. The summed E-state index contributed by atoms with van der Waals surface area (Å²) in [6.07, 6.45) is 0.279. The van der Waals surface area contributed by atoms with Crippen LogP contribution in [0.15, 0.2) is 24.3 Å². The van der Waals surface area contributed by atoms with E-state index in [0.717, 1.165) is 34.6 Å². The fraction of sp³-hybridized carbons (Fsp3) is 0.474. The van der Waals surface area contributed by atoms with Crippen LogP contribution < -0.4 is 0 Å². The molecule has 0 radical (unpaired) electrons. The number of hydrogen-bond acceptors (Lipinski definition) is 3. The lowest BCUT2D eigenvalue weighted by Gasteiger charge is -2.09. The lowest BCUT2D eigenvalue weighted by Crippen LogP contribution is -2.11. The number of carbonyl (C=O) groups is 1. The van der Waals surface area contributed by atoms with Crippen LogP contribution in [0.2, 0.25) is 0 Å². The Balaban J connectivity index is 2.00. The minimum Gasteiger partial charge on any atom is -0.461 e.